The van der Waals surface area contributed by atoms with Crippen LogP contribution in [0.3, 0.4) is 0 Å². The van der Waals surface area contributed by atoms with Crippen LogP contribution in [-0.2, 0) is 20.7 Å². The lowest BCUT2D eigenvalue weighted by Crippen LogP contribution is -2.49. The highest BCUT2D eigenvalue weighted by molar-refractivity contribution is 5.76. The number of aryl methyl sites for hydroxylation is 1. The molecule has 0 radical (unpaired) electrons. The van der Waals surface area contributed by atoms with Gasteiger partial charge >= 0.3 is 0 Å². The number of carbonyl (C=O) groups excluding carboxylic acids is 1. The number of pyridine rings is 1. The van der Waals surface area contributed by atoms with Gasteiger partial charge in [0.25, 0.3) is 0 Å². The number of rotatable bonds is 5. The molecule has 1 amide bonds. The average Bonchev–Trinajstić information content (AvgIpc) is 2.47. The van der Waals surface area contributed by atoms with E-state index in [1.54, 1.807) is 19.5 Å². The molecule has 2 rings (SSSR count). The highest BCUT2D eigenvalue weighted by Crippen LogP contribution is 2.11. The van der Waals surface area contributed by atoms with Gasteiger partial charge in [-0.2, -0.15) is 0 Å². The Morgan fingerprint density at radius 1 is 1.63 bits per heavy atom. The molecule has 19 heavy (non-hydrogen) atoms. The number of nitrogens with one attached hydrogen (secondary N) is 1. The van der Waals surface area contributed by atoms with Crippen LogP contribution in [0.25, 0.3) is 0 Å². The van der Waals surface area contributed by atoms with Crippen LogP contribution in [0.4, 0.5) is 0 Å². The van der Waals surface area contributed by atoms with E-state index >= 15 is 0 Å². The van der Waals surface area contributed by atoms with Gasteiger partial charge in [-0.1, -0.05) is 6.07 Å². The summed E-state index contributed by atoms with van der Waals surface area (Å²) in [5.74, 6) is 0.0535. The fourth-order valence-corrected chi connectivity index (χ4v) is 2.19. The molecule has 1 aliphatic rings. The molecule has 1 aromatic rings. The first-order chi connectivity index (χ1) is 9.29. The minimum absolute atomic E-state index is 0.0453. The van der Waals surface area contributed by atoms with Crippen molar-refractivity contribution in [2.45, 2.75) is 31.4 Å². The monoisotopic (exact) mass is 264 g/mol. The van der Waals surface area contributed by atoms with Gasteiger partial charge in [-0.25, -0.2) is 0 Å². The third kappa shape index (κ3) is 4.29. The lowest BCUT2D eigenvalue weighted by molar-refractivity contribution is -0.125. The molecule has 1 N–H and O–H groups in total. The molecule has 1 saturated heterocycles. The van der Waals surface area contributed by atoms with Gasteiger partial charge < -0.3 is 14.8 Å². The molecular formula is C14H20N2O3. The molecule has 0 saturated carbocycles. The summed E-state index contributed by atoms with van der Waals surface area (Å²) < 4.78 is 10.6. The van der Waals surface area contributed by atoms with Gasteiger partial charge in [-0.05, 0) is 24.5 Å². The molecule has 0 bridgehead atoms. The molecule has 5 nitrogen and oxygen atoms in total. The molecule has 1 aliphatic heterocycles. The smallest absolute Gasteiger partial charge is 0.220 e. The van der Waals surface area contributed by atoms with Crippen molar-refractivity contribution >= 4 is 5.91 Å². The van der Waals surface area contributed by atoms with Crippen LogP contribution in [0.2, 0.25) is 0 Å². The van der Waals surface area contributed by atoms with E-state index < -0.39 is 0 Å². The fourth-order valence-electron chi connectivity index (χ4n) is 2.19. The number of methoxy groups -OCH3 is 1. The lowest BCUT2D eigenvalue weighted by atomic mass is 10.1. The lowest BCUT2D eigenvalue weighted by Gasteiger charge is -2.31. The minimum Gasteiger partial charge on any atom is -0.379 e. The fraction of sp³-hybridized carbons (Fsp3) is 0.571. The predicted molar refractivity (Wildman–Crippen MR) is 70.7 cm³/mol. The zero-order valence-corrected chi connectivity index (χ0v) is 11.2. The van der Waals surface area contributed by atoms with Crippen LogP contribution in [0.15, 0.2) is 24.5 Å². The number of aromatic nitrogens is 1. The molecule has 0 spiro atoms. The van der Waals surface area contributed by atoms with Gasteiger partial charge in [-0.15, -0.1) is 0 Å². The van der Waals surface area contributed by atoms with Crippen molar-refractivity contribution in [2.75, 3.05) is 20.3 Å². The molecule has 2 heterocycles. The maximum atomic E-state index is 11.9. The number of hydrogen-bond donors (Lipinski definition) is 1. The number of carbonyl (C=O) groups is 1. The molecular weight excluding hydrogens is 244 g/mol. The molecule has 104 valence electrons. The van der Waals surface area contributed by atoms with Crippen LogP contribution in [-0.4, -0.2) is 43.4 Å². The van der Waals surface area contributed by atoms with E-state index in [0.29, 0.717) is 26.1 Å². The Bertz CT molecular complexity index is 397. The molecule has 0 aliphatic carbocycles. The topological polar surface area (TPSA) is 60.5 Å². The highest BCUT2D eigenvalue weighted by Gasteiger charge is 2.26. The van der Waals surface area contributed by atoms with Gasteiger partial charge in [0.05, 0.1) is 12.6 Å². The van der Waals surface area contributed by atoms with E-state index in [4.69, 9.17) is 9.47 Å². The number of ether oxygens (including phenoxy) is 2. The predicted octanol–water partition coefficient (Wildman–Crippen LogP) is 0.934. The van der Waals surface area contributed by atoms with Crippen molar-refractivity contribution in [3.8, 4) is 0 Å². The van der Waals surface area contributed by atoms with E-state index in [1.165, 1.54) is 0 Å². The SMILES string of the molecule is CO[C@@H]1COCC[C@H]1NC(=O)CCc1cccnc1. The average molecular weight is 264 g/mol. The Labute approximate surface area is 113 Å². The molecule has 5 heteroatoms. The maximum absolute atomic E-state index is 11.9. The normalized spacial score (nSPS) is 23.0. The van der Waals surface area contributed by atoms with Crippen molar-refractivity contribution in [2.24, 2.45) is 0 Å². The largest absolute Gasteiger partial charge is 0.379 e. The van der Waals surface area contributed by atoms with Crippen LogP contribution < -0.4 is 5.32 Å². The summed E-state index contributed by atoms with van der Waals surface area (Å²) in [6.07, 6.45) is 5.46. The van der Waals surface area contributed by atoms with E-state index in [0.717, 1.165) is 12.0 Å². The van der Waals surface area contributed by atoms with Crippen molar-refractivity contribution in [3.05, 3.63) is 30.1 Å². The van der Waals surface area contributed by atoms with E-state index in [1.807, 2.05) is 12.1 Å². The maximum Gasteiger partial charge on any atom is 0.220 e. The first-order valence-corrected chi connectivity index (χ1v) is 6.58. The Morgan fingerprint density at radius 3 is 3.26 bits per heavy atom. The van der Waals surface area contributed by atoms with Crippen molar-refractivity contribution in [1.29, 1.82) is 0 Å². The Balaban J connectivity index is 1.77. The summed E-state index contributed by atoms with van der Waals surface area (Å²) in [6, 6.07) is 3.92. The number of hydrogen-bond acceptors (Lipinski definition) is 4. The first kappa shape index (κ1) is 14.0. The summed E-state index contributed by atoms with van der Waals surface area (Å²) in [6.45, 7) is 1.22. The highest BCUT2D eigenvalue weighted by atomic mass is 16.5. The van der Waals surface area contributed by atoms with Crippen LogP contribution in [0, 0.1) is 0 Å². The molecule has 0 aromatic carbocycles. The molecule has 1 fully saturated rings. The van der Waals surface area contributed by atoms with Crippen molar-refractivity contribution in [3.63, 3.8) is 0 Å². The second-order valence-electron chi connectivity index (χ2n) is 4.67. The van der Waals surface area contributed by atoms with Gasteiger partial charge in [0.15, 0.2) is 0 Å². The summed E-state index contributed by atoms with van der Waals surface area (Å²) in [7, 11) is 1.65. The molecule has 1 aromatic heterocycles. The second kappa shape index (κ2) is 7.21. The molecule has 0 unspecified atom stereocenters. The summed E-state index contributed by atoms with van der Waals surface area (Å²) in [4.78, 5) is 16.0. The third-order valence-corrected chi connectivity index (χ3v) is 3.32. The van der Waals surface area contributed by atoms with Crippen molar-refractivity contribution < 1.29 is 14.3 Å². The molecule has 2 atom stereocenters. The number of amides is 1. The van der Waals surface area contributed by atoms with Gasteiger partial charge in [0.2, 0.25) is 5.91 Å². The quantitative estimate of drug-likeness (QED) is 0.859. The number of nitrogens with zero attached hydrogens (tertiary/aromatic N) is 1. The third-order valence-electron chi connectivity index (χ3n) is 3.32. The van der Waals surface area contributed by atoms with Gasteiger partial charge in [0, 0.05) is 32.5 Å². The van der Waals surface area contributed by atoms with Crippen LogP contribution in [0.5, 0.6) is 0 Å². The van der Waals surface area contributed by atoms with Crippen molar-refractivity contribution in [1.82, 2.24) is 10.3 Å². The zero-order valence-electron chi connectivity index (χ0n) is 11.2. The van der Waals surface area contributed by atoms with E-state index in [2.05, 4.69) is 10.3 Å². The summed E-state index contributed by atoms with van der Waals surface area (Å²) in [5, 5.41) is 3.03. The summed E-state index contributed by atoms with van der Waals surface area (Å²) in [5.41, 5.74) is 1.08. The Kier molecular flexibility index (Phi) is 5.30. The second-order valence-corrected chi connectivity index (χ2v) is 4.67. The zero-order chi connectivity index (χ0) is 13.5. The first-order valence-electron chi connectivity index (χ1n) is 6.58. The van der Waals surface area contributed by atoms with Crippen LogP contribution >= 0.6 is 0 Å². The van der Waals surface area contributed by atoms with Gasteiger partial charge in [0.1, 0.15) is 6.10 Å². The minimum atomic E-state index is -0.0453. The van der Waals surface area contributed by atoms with Crippen LogP contribution in [0.1, 0.15) is 18.4 Å². The van der Waals surface area contributed by atoms with E-state index in [9.17, 15) is 4.79 Å². The Hall–Kier alpha value is -1.46. The standard InChI is InChI=1S/C14H20N2O3/c1-18-13-10-19-8-6-12(13)16-14(17)5-4-11-3-2-7-15-9-11/h2-3,7,9,12-13H,4-6,8,10H2,1H3,(H,16,17)/t12-,13-/m1/s1. The summed E-state index contributed by atoms with van der Waals surface area (Å²) >= 11 is 0. The van der Waals surface area contributed by atoms with Gasteiger partial charge in [-0.3, -0.25) is 9.78 Å². The Morgan fingerprint density at radius 2 is 2.53 bits per heavy atom. The van der Waals surface area contributed by atoms with E-state index in [-0.39, 0.29) is 18.1 Å².